The summed E-state index contributed by atoms with van der Waals surface area (Å²) in [4.78, 5) is 37.4. The van der Waals surface area contributed by atoms with Crippen LogP contribution in [0.5, 0.6) is 0 Å². The third-order valence-corrected chi connectivity index (χ3v) is 5.33. The van der Waals surface area contributed by atoms with Crippen molar-refractivity contribution in [2.75, 3.05) is 0 Å². The predicted molar refractivity (Wildman–Crippen MR) is 133 cm³/mol. The first-order valence-corrected chi connectivity index (χ1v) is 11.3. The van der Waals surface area contributed by atoms with Crippen LogP contribution in [0.4, 0.5) is 4.79 Å². The van der Waals surface area contributed by atoms with Crippen LogP contribution in [0.2, 0.25) is 0 Å². The molecule has 0 unspecified atom stereocenters. The van der Waals surface area contributed by atoms with Crippen LogP contribution in [-0.4, -0.2) is 34.7 Å². The van der Waals surface area contributed by atoms with Crippen molar-refractivity contribution in [2.24, 2.45) is 0 Å². The Kier molecular flexibility index (Phi) is 7.91. The van der Waals surface area contributed by atoms with Crippen molar-refractivity contribution in [1.29, 1.82) is 0 Å². The van der Waals surface area contributed by atoms with E-state index in [4.69, 9.17) is 4.74 Å². The molecule has 0 aliphatic heterocycles. The van der Waals surface area contributed by atoms with E-state index in [0.717, 1.165) is 16.7 Å². The van der Waals surface area contributed by atoms with Gasteiger partial charge in [-0.15, -0.1) is 0 Å². The van der Waals surface area contributed by atoms with Crippen LogP contribution in [-0.2, 0) is 19.9 Å². The number of hydrogen-bond acceptors (Lipinski definition) is 4. The van der Waals surface area contributed by atoms with Gasteiger partial charge in [0.05, 0.1) is 6.42 Å². The molecule has 0 aliphatic carbocycles. The Morgan fingerprint density at radius 1 is 0.771 bits per heavy atom. The maximum absolute atomic E-state index is 13.4. The second-order valence-corrected chi connectivity index (χ2v) is 9.14. The maximum Gasteiger partial charge on any atom is 0.408 e. The molecule has 0 radical (unpaired) electrons. The minimum Gasteiger partial charge on any atom is -0.480 e. The molecule has 3 aromatic rings. The van der Waals surface area contributed by atoms with Gasteiger partial charge in [-0.05, 0) is 37.5 Å². The van der Waals surface area contributed by atoms with Gasteiger partial charge in [-0.1, -0.05) is 91.0 Å². The molecule has 0 saturated heterocycles. The number of carboxylic acids is 1. The standard InChI is InChI=1S/C28H30N2O5/c1-27(2,3)35-26(34)29-23(25(32)33)19-24(31)30-28(20-13-7-4-8-14-20,21-15-9-5-10-16-21)22-17-11-6-12-18-22/h4-18,23H,19H2,1-3H3,(H,29,34)(H,30,31)(H,32,33)/t23-/m1/s1. The Hall–Kier alpha value is -4.13. The summed E-state index contributed by atoms with van der Waals surface area (Å²) in [5, 5.41) is 15.0. The van der Waals surface area contributed by atoms with Gasteiger partial charge in [-0.25, -0.2) is 9.59 Å². The second-order valence-electron chi connectivity index (χ2n) is 9.14. The minimum absolute atomic E-state index is 0.483. The summed E-state index contributed by atoms with van der Waals surface area (Å²) in [6.45, 7) is 5.01. The summed E-state index contributed by atoms with van der Waals surface area (Å²) in [6.07, 6.45) is -1.39. The highest BCUT2D eigenvalue weighted by atomic mass is 16.6. The highest BCUT2D eigenvalue weighted by Gasteiger charge is 2.39. The van der Waals surface area contributed by atoms with E-state index in [1.165, 1.54) is 0 Å². The quantitative estimate of drug-likeness (QED) is 0.418. The maximum atomic E-state index is 13.4. The highest BCUT2D eigenvalue weighted by Crippen LogP contribution is 2.36. The molecule has 7 heteroatoms. The zero-order valence-corrected chi connectivity index (χ0v) is 20.0. The van der Waals surface area contributed by atoms with Crippen molar-refractivity contribution in [1.82, 2.24) is 10.6 Å². The number of carbonyl (C=O) groups is 3. The number of carbonyl (C=O) groups excluding carboxylic acids is 2. The van der Waals surface area contributed by atoms with Gasteiger partial charge in [0.25, 0.3) is 0 Å². The fourth-order valence-electron chi connectivity index (χ4n) is 3.88. The Morgan fingerprint density at radius 3 is 1.51 bits per heavy atom. The van der Waals surface area contributed by atoms with E-state index < -0.39 is 41.6 Å². The molecule has 0 spiro atoms. The van der Waals surface area contributed by atoms with E-state index in [9.17, 15) is 19.5 Å². The van der Waals surface area contributed by atoms with Crippen molar-refractivity contribution < 1.29 is 24.2 Å². The lowest BCUT2D eigenvalue weighted by Gasteiger charge is -2.37. The Labute approximate surface area is 205 Å². The molecule has 0 fully saturated rings. The second kappa shape index (κ2) is 10.9. The van der Waals surface area contributed by atoms with Crippen LogP contribution in [0.25, 0.3) is 0 Å². The molecule has 3 rings (SSSR count). The molecule has 1 atom stereocenters. The van der Waals surface area contributed by atoms with Gasteiger partial charge in [0.2, 0.25) is 5.91 Å². The van der Waals surface area contributed by atoms with E-state index >= 15 is 0 Å². The molecule has 0 aliphatic rings. The van der Waals surface area contributed by atoms with E-state index in [2.05, 4.69) is 10.6 Å². The summed E-state index contributed by atoms with van der Waals surface area (Å²) in [5.41, 5.74) is 0.516. The first kappa shape index (κ1) is 25.5. The topological polar surface area (TPSA) is 105 Å². The Bertz CT molecular complexity index is 1050. The number of ether oxygens (including phenoxy) is 1. The molecule has 7 nitrogen and oxygen atoms in total. The van der Waals surface area contributed by atoms with Crippen LogP contribution < -0.4 is 10.6 Å². The third kappa shape index (κ3) is 6.47. The minimum atomic E-state index is -1.47. The van der Waals surface area contributed by atoms with Crippen molar-refractivity contribution in [3.05, 3.63) is 108 Å². The first-order valence-electron chi connectivity index (χ1n) is 11.3. The van der Waals surface area contributed by atoms with Crippen molar-refractivity contribution >= 4 is 18.0 Å². The van der Waals surface area contributed by atoms with E-state index in [1.807, 2.05) is 91.0 Å². The molecule has 3 N–H and O–H groups in total. The molecule has 0 bridgehead atoms. The normalized spacial score (nSPS) is 12.3. The number of nitrogens with one attached hydrogen (secondary N) is 2. The summed E-state index contributed by atoms with van der Waals surface area (Å²) >= 11 is 0. The monoisotopic (exact) mass is 474 g/mol. The number of benzene rings is 3. The lowest BCUT2D eigenvalue weighted by Crippen LogP contribution is -2.51. The molecule has 3 aromatic carbocycles. The van der Waals surface area contributed by atoms with E-state index in [1.54, 1.807) is 20.8 Å². The first-order chi connectivity index (χ1) is 16.6. The molecule has 0 saturated carbocycles. The van der Waals surface area contributed by atoms with Gasteiger partial charge in [-0.2, -0.15) is 0 Å². The summed E-state index contributed by atoms with van der Waals surface area (Å²) in [5.74, 6) is -1.89. The van der Waals surface area contributed by atoms with Gasteiger partial charge >= 0.3 is 12.1 Å². The van der Waals surface area contributed by atoms with Crippen LogP contribution in [0.15, 0.2) is 91.0 Å². The highest BCUT2D eigenvalue weighted by molar-refractivity contribution is 5.88. The predicted octanol–water partition coefficient (Wildman–Crippen LogP) is 4.46. The van der Waals surface area contributed by atoms with Gasteiger partial charge < -0.3 is 20.5 Å². The number of carboxylic acid groups (broad SMARTS) is 1. The summed E-state index contributed by atoms with van der Waals surface area (Å²) < 4.78 is 5.16. The van der Waals surface area contributed by atoms with Crippen LogP contribution in [0.3, 0.4) is 0 Å². The van der Waals surface area contributed by atoms with Crippen LogP contribution >= 0.6 is 0 Å². The molecule has 2 amide bonds. The number of rotatable bonds is 8. The van der Waals surface area contributed by atoms with Crippen LogP contribution in [0.1, 0.15) is 43.9 Å². The molecule has 182 valence electrons. The van der Waals surface area contributed by atoms with E-state index in [-0.39, 0.29) is 0 Å². The van der Waals surface area contributed by atoms with E-state index in [0.29, 0.717) is 0 Å². The number of amides is 2. The molecule has 0 heterocycles. The average Bonchev–Trinajstić information content (AvgIpc) is 2.82. The van der Waals surface area contributed by atoms with Gasteiger partial charge in [0.1, 0.15) is 17.2 Å². The molecule has 0 aromatic heterocycles. The summed E-state index contributed by atoms with van der Waals surface area (Å²) in [7, 11) is 0. The smallest absolute Gasteiger partial charge is 0.408 e. The fourth-order valence-corrected chi connectivity index (χ4v) is 3.88. The average molecular weight is 475 g/mol. The Morgan fingerprint density at radius 2 is 1.17 bits per heavy atom. The molecular formula is C28H30N2O5. The van der Waals surface area contributed by atoms with Crippen molar-refractivity contribution in [2.45, 2.75) is 44.4 Å². The van der Waals surface area contributed by atoms with Gasteiger partial charge in [0.15, 0.2) is 0 Å². The number of hydrogen-bond donors (Lipinski definition) is 3. The molecule has 35 heavy (non-hydrogen) atoms. The van der Waals surface area contributed by atoms with Crippen LogP contribution in [0, 0.1) is 0 Å². The van der Waals surface area contributed by atoms with Gasteiger partial charge in [-0.3, -0.25) is 4.79 Å². The largest absolute Gasteiger partial charge is 0.480 e. The third-order valence-electron chi connectivity index (χ3n) is 5.33. The van der Waals surface area contributed by atoms with Crippen molar-refractivity contribution in [3.63, 3.8) is 0 Å². The zero-order chi connectivity index (χ0) is 25.5. The Balaban J connectivity index is 2.00. The van der Waals surface area contributed by atoms with Gasteiger partial charge in [0, 0.05) is 0 Å². The van der Waals surface area contributed by atoms with Crippen molar-refractivity contribution in [3.8, 4) is 0 Å². The molecular weight excluding hydrogens is 444 g/mol. The number of alkyl carbamates (subject to hydrolysis) is 1. The zero-order valence-electron chi connectivity index (χ0n) is 20.0. The lowest BCUT2D eigenvalue weighted by molar-refractivity contribution is -0.141. The fraction of sp³-hybridized carbons (Fsp3) is 0.250. The lowest BCUT2D eigenvalue weighted by atomic mass is 9.77. The summed E-state index contributed by atoms with van der Waals surface area (Å²) in [6, 6.07) is 26.9. The number of aliphatic carboxylic acids is 1. The SMILES string of the molecule is CC(C)(C)OC(=O)N[C@H](CC(=O)NC(c1ccccc1)(c1ccccc1)c1ccccc1)C(=O)O.